The van der Waals surface area contributed by atoms with Crippen LogP contribution in [0.15, 0.2) is 48.5 Å². The summed E-state index contributed by atoms with van der Waals surface area (Å²) in [6.07, 6.45) is 0. The van der Waals surface area contributed by atoms with Crippen LogP contribution in [-0.2, 0) is 4.74 Å². The van der Waals surface area contributed by atoms with Crippen LogP contribution >= 0.6 is 0 Å². The molecule has 0 spiro atoms. The highest BCUT2D eigenvalue weighted by atomic mass is 16.5. The molecule has 4 nitrogen and oxygen atoms in total. The Kier molecular flexibility index (Phi) is 3.91. The minimum atomic E-state index is -0.872. The Morgan fingerprint density at radius 1 is 1.09 bits per heavy atom. The van der Waals surface area contributed by atoms with Crippen LogP contribution in [-0.4, -0.2) is 43.6 Å². The summed E-state index contributed by atoms with van der Waals surface area (Å²) in [6, 6.07) is 17.1. The first kappa shape index (κ1) is 14.8. The van der Waals surface area contributed by atoms with Gasteiger partial charge in [0, 0.05) is 19.6 Å². The largest absolute Gasteiger partial charge is 0.385 e. The van der Waals surface area contributed by atoms with E-state index in [2.05, 4.69) is 59.2 Å². The summed E-state index contributed by atoms with van der Waals surface area (Å²) in [7, 11) is 0. The minimum Gasteiger partial charge on any atom is -0.385 e. The molecule has 2 aliphatic rings. The lowest BCUT2D eigenvalue weighted by Crippen LogP contribution is -2.50. The number of fused-ring (bicyclic) bond motifs is 3. The molecule has 23 heavy (non-hydrogen) atoms. The third-order valence-electron chi connectivity index (χ3n) is 4.72. The highest BCUT2D eigenvalue weighted by molar-refractivity contribution is 5.78. The number of benzene rings is 2. The van der Waals surface area contributed by atoms with Gasteiger partial charge in [0.2, 0.25) is 0 Å². The zero-order valence-electron chi connectivity index (χ0n) is 13.1. The van der Waals surface area contributed by atoms with Crippen LogP contribution in [0.25, 0.3) is 11.1 Å². The van der Waals surface area contributed by atoms with E-state index in [4.69, 9.17) is 4.74 Å². The fourth-order valence-corrected chi connectivity index (χ4v) is 3.56. The van der Waals surface area contributed by atoms with Gasteiger partial charge in [-0.25, -0.2) is 0 Å². The Labute approximate surface area is 136 Å². The van der Waals surface area contributed by atoms with Gasteiger partial charge in [-0.3, -0.25) is 0 Å². The van der Waals surface area contributed by atoms with Crippen LogP contribution in [0.3, 0.4) is 0 Å². The molecule has 2 aromatic rings. The van der Waals surface area contributed by atoms with Gasteiger partial charge in [0.25, 0.3) is 0 Å². The number of β-amino-alcohol motifs (C(OH)–C–C–N with tert-alkyl or cyclic N) is 1. The highest BCUT2D eigenvalue weighted by Crippen LogP contribution is 2.43. The van der Waals surface area contributed by atoms with Gasteiger partial charge < -0.3 is 20.5 Å². The zero-order valence-corrected chi connectivity index (χ0v) is 13.1. The summed E-state index contributed by atoms with van der Waals surface area (Å²) < 4.78 is 5.51. The van der Waals surface area contributed by atoms with Crippen LogP contribution < -0.4 is 10.6 Å². The summed E-state index contributed by atoms with van der Waals surface area (Å²) in [4.78, 5) is 0. The third-order valence-corrected chi connectivity index (χ3v) is 4.72. The number of hydrogen-bond acceptors (Lipinski definition) is 4. The van der Waals surface area contributed by atoms with Crippen molar-refractivity contribution in [3.05, 3.63) is 59.7 Å². The molecular formula is C19H22N2O2. The average Bonchev–Trinajstić information content (AvgIpc) is 2.73. The van der Waals surface area contributed by atoms with E-state index in [1.807, 2.05) is 0 Å². The van der Waals surface area contributed by atoms with Crippen molar-refractivity contribution in [1.29, 1.82) is 0 Å². The third kappa shape index (κ3) is 2.79. The molecule has 1 aliphatic heterocycles. The van der Waals surface area contributed by atoms with Gasteiger partial charge in [-0.1, -0.05) is 48.5 Å². The van der Waals surface area contributed by atoms with Crippen molar-refractivity contribution in [2.75, 3.05) is 32.8 Å². The first-order valence-corrected chi connectivity index (χ1v) is 8.19. The van der Waals surface area contributed by atoms with Crippen LogP contribution in [0.2, 0.25) is 0 Å². The Morgan fingerprint density at radius 3 is 2.43 bits per heavy atom. The Bertz CT molecular complexity index is 648. The molecule has 0 saturated carbocycles. The molecule has 4 rings (SSSR count). The number of hydrogen-bond donors (Lipinski definition) is 3. The van der Waals surface area contributed by atoms with E-state index in [0.717, 1.165) is 6.54 Å². The topological polar surface area (TPSA) is 53.5 Å². The monoisotopic (exact) mass is 310 g/mol. The maximum absolute atomic E-state index is 10.8. The fourth-order valence-electron chi connectivity index (χ4n) is 3.56. The van der Waals surface area contributed by atoms with Gasteiger partial charge in [0.1, 0.15) is 5.60 Å². The quantitative estimate of drug-likeness (QED) is 0.808. The molecule has 0 bridgehead atoms. The second-order valence-corrected chi connectivity index (χ2v) is 6.44. The van der Waals surface area contributed by atoms with Gasteiger partial charge in [0.05, 0.1) is 19.3 Å². The van der Waals surface area contributed by atoms with Crippen molar-refractivity contribution in [2.45, 2.75) is 11.6 Å². The van der Waals surface area contributed by atoms with Gasteiger partial charge >= 0.3 is 0 Å². The van der Waals surface area contributed by atoms with E-state index >= 15 is 0 Å². The van der Waals surface area contributed by atoms with E-state index in [9.17, 15) is 5.11 Å². The predicted octanol–water partition coefficient (Wildman–Crippen LogP) is 1.70. The molecule has 1 unspecified atom stereocenters. The van der Waals surface area contributed by atoms with Gasteiger partial charge in [0.15, 0.2) is 0 Å². The second kappa shape index (κ2) is 6.06. The first-order chi connectivity index (χ1) is 11.3. The molecular weight excluding hydrogens is 288 g/mol. The molecule has 2 aromatic carbocycles. The van der Waals surface area contributed by atoms with Crippen LogP contribution in [0.1, 0.15) is 17.2 Å². The fraction of sp³-hybridized carbons (Fsp3) is 0.368. The standard InChI is InChI=1S/C19H22N2O2/c22-19(11-20-9-10-23-13-19)12-21-18-16-7-3-1-5-14(16)15-6-2-4-8-17(15)18/h1-8,18,20-22H,9-13H2. The maximum Gasteiger partial charge on any atom is 0.113 e. The summed E-state index contributed by atoms with van der Waals surface area (Å²) in [5.74, 6) is 0. The smallest absolute Gasteiger partial charge is 0.113 e. The molecule has 4 heteroatoms. The van der Waals surface area contributed by atoms with Crippen LogP contribution in [0.5, 0.6) is 0 Å². The lowest BCUT2D eigenvalue weighted by Gasteiger charge is -2.28. The summed E-state index contributed by atoms with van der Waals surface area (Å²) in [5.41, 5.74) is 4.24. The molecule has 0 radical (unpaired) electrons. The van der Waals surface area contributed by atoms with E-state index in [-0.39, 0.29) is 6.04 Å². The molecule has 1 heterocycles. The van der Waals surface area contributed by atoms with Gasteiger partial charge in [-0.05, 0) is 22.3 Å². The number of ether oxygens (including phenoxy) is 1. The van der Waals surface area contributed by atoms with E-state index < -0.39 is 5.60 Å². The maximum atomic E-state index is 10.8. The molecule has 1 aliphatic carbocycles. The highest BCUT2D eigenvalue weighted by Gasteiger charge is 2.33. The molecule has 120 valence electrons. The Morgan fingerprint density at radius 2 is 1.74 bits per heavy atom. The Hall–Kier alpha value is -1.72. The van der Waals surface area contributed by atoms with Crippen molar-refractivity contribution in [2.24, 2.45) is 0 Å². The summed E-state index contributed by atoms with van der Waals surface area (Å²) in [5, 5.41) is 17.6. The summed E-state index contributed by atoms with van der Waals surface area (Å²) in [6.45, 7) is 2.85. The van der Waals surface area contributed by atoms with E-state index in [1.54, 1.807) is 0 Å². The second-order valence-electron chi connectivity index (χ2n) is 6.44. The van der Waals surface area contributed by atoms with Gasteiger partial charge in [-0.15, -0.1) is 0 Å². The molecule has 0 amide bonds. The minimum absolute atomic E-state index is 0.120. The van der Waals surface area contributed by atoms with Crippen LogP contribution in [0, 0.1) is 0 Å². The first-order valence-electron chi connectivity index (χ1n) is 8.19. The van der Waals surface area contributed by atoms with E-state index in [0.29, 0.717) is 26.3 Å². The summed E-state index contributed by atoms with van der Waals surface area (Å²) >= 11 is 0. The molecule has 3 N–H and O–H groups in total. The Balaban J connectivity index is 1.59. The van der Waals surface area contributed by atoms with Crippen molar-refractivity contribution in [1.82, 2.24) is 10.6 Å². The molecule has 1 fully saturated rings. The normalized spacial score (nSPS) is 24.0. The number of aliphatic hydroxyl groups is 1. The van der Waals surface area contributed by atoms with Crippen LogP contribution in [0.4, 0.5) is 0 Å². The lowest BCUT2D eigenvalue weighted by molar-refractivity contribution is -0.0272. The SMILES string of the molecule is OC1(CNC2c3ccccc3-c3ccccc32)CNCCOC1. The lowest BCUT2D eigenvalue weighted by atomic mass is 10.0. The average molecular weight is 310 g/mol. The number of nitrogens with one attached hydrogen (secondary N) is 2. The van der Waals surface area contributed by atoms with Crippen molar-refractivity contribution >= 4 is 0 Å². The van der Waals surface area contributed by atoms with Gasteiger partial charge in [-0.2, -0.15) is 0 Å². The van der Waals surface area contributed by atoms with Crippen molar-refractivity contribution in [3.63, 3.8) is 0 Å². The van der Waals surface area contributed by atoms with Crippen molar-refractivity contribution in [3.8, 4) is 11.1 Å². The molecule has 1 atom stereocenters. The zero-order chi connectivity index (χ0) is 15.7. The van der Waals surface area contributed by atoms with Crippen molar-refractivity contribution < 1.29 is 9.84 Å². The predicted molar refractivity (Wildman–Crippen MR) is 90.4 cm³/mol. The van der Waals surface area contributed by atoms with E-state index in [1.165, 1.54) is 22.3 Å². The molecule has 0 aromatic heterocycles. The molecule has 1 saturated heterocycles. The number of rotatable bonds is 3.